The number of nitrogens with zero attached hydrogens (tertiary/aromatic N) is 2. The fourth-order valence-corrected chi connectivity index (χ4v) is 4.02. The summed E-state index contributed by atoms with van der Waals surface area (Å²) < 4.78 is 46.7. The van der Waals surface area contributed by atoms with Crippen LogP contribution in [-0.2, 0) is 10.0 Å². The van der Waals surface area contributed by atoms with Gasteiger partial charge in [-0.3, -0.25) is 4.72 Å². The highest BCUT2D eigenvalue weighted by atomic mass is 32.2. The molecule has 4 aromatic rings. The highest BCUT2D eigenvalue weighted by molar-refractivity contribution is 7.92. The molecule has 0 saturated heterocycles. The van der Waals surface area contributed by atoms with E-state index >= 15 is 0 Å². The largest absolute Gasteiger partial charge is 0.334 e. The Balaban J connectivity index is 1.70. The van der Waals surface area contributed by atoms with E-state index in [1.165, 1.54) is 30.3 Å². The van der Waals surface area contributed by atoms with Gasteiger partial charge in [0.1, 0.15) is 10.7 Å². The topological polar surface area (TPSA) is 85.1 Å². The smallest absolute Gasteiger partial charge is 0.262 e. The predicted molar refractivity (Wildman–Crippen MR) is 107 cm³/mol. The van der Waals surface area contributed by atoms with Crippen LogP contribution in [0.2, 0.25) is 0 Å². The number of nitrogens with one attached hydrogen (secondary N) is 1. The van der Waals surface area contributed by atoms with Crippen molar-refractivity contribution < 1.29 is 17.3 Å². The van der Waals surface area contributed by atoms with Gasteiger partial charge in [-0.25, -0.2) is 12.8 Å². The second-order valence-electron chi connectivity index (χ2n) is 6.40. The molecular formula is C21H16FN3O3S. The first-order valence-electron chi connectivity index (χ1n) is 8.71. The van der Waals surface area contributed by atoms with E-state index < -0.39 is 15.8 Å². The first kappa shape index (κ1) is 18.8. The highest BCUT2D eigenvalue weighted by Crippen LogP contribution is 2.29. The quantitative estimate of drug-likeness (QED) is 0.519. The lowest BCUT2D eigenvalue weighted by Gasteiger charge is -2.10. The first-order chi connectivity index (χ1) is 13.9. The van der Waals surface area contributed by atoms with Gasteiger partial charge < -0.3 is 4.52 Å². The fourth-order valence-electron chi connectivity index (χ4n) is 2.76. The Labute approximate surface area is 167 Å². The molecule has 0 atom stereocenters. The maximum Gasteiger partial charge on any atom is 0.262 e. The van der Waals surface area contributed by atoms with Crippen LogP contribution < -0.4 is 4.72 Å². The van der Waals surface area contributed by atoms with Gasteiger partial charge in [-0.2, -0.15) is 4.98 Å². The van der Waals surface area contributed by atoms with Crippen LogP contribution in [0.1, 0.15) is 5.56 Å². The van der Waals surface area contributed by atoms with Gasteiger partial charge >= 0.3 is 0 Å². The molecule has 0 amide bonds. The van der Waals surface area contributed by atoms with Crippen LogP contribution in [0, 0.1) is 12.7 Å². The van der Waals surface area contributed by atoms with Gasteiger partial charge in [0, 0.05) is 11.3 Å². The number of hydrogen-bond acceptors (Lipinski definition) is 5. The molecule has 8 heteroatoms. The Morgan fingerprint density at radius 1 is 0.931 bits per heavy atom. The van der Waals surface area contributed by atoms with E-state index in [1.54, 1.807) is 18.2 Å². The molecule has 0 saturated carbocycles. The van der Waals surface area contributed by atoms with Crippen LogP contribution in [-0.4, -0.2) is 18.6 Å². The third-order valence-electron chi connectivity index (χ3n) is 4.24. The third-order valence-corrected chi connectivity index (χ3v) is 5.68. The van der Waals surface area contributed by atoms with E-state index in [0.29, 0.717) is 5.82 Å². The van der Waals surface area contributed by atoms with Crippen molar-refractivity contribution in [3.05, 3.63) is 84.2 Å². The van der Waals surface area contributed by atoms with Gasteiger partial charge in [-0.15, -0.1) is 0 Å². The lowest BCUT2D eigenvalue weighted by molar-refractivity contribution is 0.431. The van der Waals surface area contributed by atoms with E-state index in [2.05, 4.69) is 14.9 Å². The Bertz CT molecular complexity index is 1250. The Hall–Kier alpha value is -3.52. The van der Waals surface area contributed by atoms with Gasteiger partial charge in [-0.1, -0.05) is 47.1 Å². The average molecular weight is 409 g/mol. The maximum absolute atomic E-state index is 13.1. The highest BCUT2D eigenvalue weighted by Gasteiger charge is 2.23. The standard InChI is InChI=1S/C21H16FN3O3S/c1-14-6-8-15(9-7-14)20-23-21(28-24-20)18-4-2-3-5-19(18)29(26,27)25-17-12-10-16(22)11-13-17/h2-13,25H,1H3. The minimum atomic E-state index is -3.97. The van der Waals surface area contributed by atoms with Gasteiger partial charge in [0.2, 0.25) is 5.82 Å². The summed E-state index contributed by atoms with van der Waals surface area (Å²) in [7, 11) is -3.97. The zero-order valence-electron chi connectivity index (χ0n) is 15.3. The van der Waals surface area contributed by atoms with Gasteiger partial charge in [0.15, 0.2) is 0 Å². The second-order valence-corrected chi connectivity index (χ2v) is 8.05. The van der Waals surface area contributed by atoms with E-state index in [-0.39, 0.29) is 22.0 Å². The van der Waals surface area contributed by atoms with E-state index in [0.717, 1.165) is 11.1 Å². The summed E-state index contributed by atoms with van der Waals surface area (Å²) in [5.74, 6) is -0.0119. The van der Waals surface area contributed by atoms with Crippen molar-refractivity contribution in [2.75, 3.05) is 4.72 Å². The van der Waals surface area contributed by atoms with Crippen LogP contribution in [0.15, 0.2) is 82.2 Å². The molecule has 0 aliphatic heterocycles. The monoisotopic (exact) mass is 409 g/mol. The molecule has 0 unspecified atom stereocenters. The minimum Gasteiger partial charge on any atom is -0.334 e. The predicted octanol–water partition coefficient (Wildman–Crippen LogP) is 4.65. The molecule has 0 aliphatic carbocycles. The molecule has 0 aliphatic rings. The molecule has 29 heavy (non-hydrogen) atoms. The number of hydrogen-bond donors (Lipinski definition) is 1. The Morgan fingerprint density at radius 3 is 2.34 bits per heavy atom. The van der Waals surface area contributed by atoms with Gasteiger partial charge in [-0.05, 0) is 43.3 Å². The molecule has 6 nitrogen and oxygen atoms in total. The van der Waals surface area contributed by atoms with Crippen molar-refractivity contribution in [2.45, 2.75) is 11.8 Å². The van der Waals surface area contributed by atoms with Gasteiger partial charge in [0.05, 0.1) is 5.56 Å². The minimum absolute atomic E-state index is 0.0246. The summed E-state index contributed by atoms with van der Waals surface area (Å²) in [4.78, 5) is 4.33. The Kier molecular flexibility index (Phi) is 4.85. The zero-order chi connectivity index (χ0) is 20.4. The molecule has 0 bridgehead atoms. The van der Waals surface area contributed by atoms with Crippen molar-refractivity contribution in [2.24, 2.45) is 0 Å². The average Bonchev–Trinajstić information content (AvgIpc) is 3.20. The normalized spacial score (nSPS) is 11.4. The van der Waals surface area contributed by atoms with E-state index in [4.69, 9.17) is 4.52 Å². The molecule has 1 heterocycles. The van der Waals surface area contributed by atoms with Gasteiger partial charge in [0.25, 0.3) is 15.9 Å². The van der Waals surface area contributed by atoms with Crippen molar-refractivity contribution in [1.29, 1.82) is 0 Å². The van der Waals surface area contributed by atoms with E-state index in [1.807, 2.05) is 31.2 Å². The molecule has 3 aromatic carbocycles. The number of anilines is 1. The van der Waals surface area contributed by atoms with Crippen LogP contribution >= 0.6 is 0 Å². The van der Waals surface area contributed by atoms with Crippen LogP contribution in [0.5, 0.6) is 0 Å². The molecule has 1 aromatic heterocycles. The number of benzene rings is 3. The fraction of sp³-hybridized carbons (Fsp3) is 0.0476. The number of sulfonamides is 1. The molecule has 1 N–H and O–H groups in total. The molecular weight excluding hydrogens is 393 g/mol. The number of aromatic nitrogens is 2. The van der Waals surface area contributed by atoms with Crippen molar-refractivity contribution in [3.63, 3.8) is 0 Å². The Morgan fingerprint density at radius 2 is 1.62 bits per heavy atom. The first-order valence-corrected chi connectivity index (χ1v) is 10.2. The number of halogens is 1. The summed E-state index contributed by atoms with van der Waals surface area (Å²) in [6, 6.07) is 18.9. The molecule has 0 fully saturated rings. The lowest BCUT2D eigenvalue weighted by atomic mass is 10.1. The molecule has 0 radical (unpaired) electrons. The summed E-state index contributed by atoms with van der Waals surface area (Å²) in [6.07, 6.45) is 0. The number of aryl methyl sites for hydroxylation is 1. The SMILES string of the molecule is Cc1ccc(-c2noc(-c3ccccc3S(=O)(=O)Nc3ccc(F)cc3)n2)cc1. The summed E-state index contributed by atoms with van der Waals surface area (Å²) >= 11 is 0. The lowest BCUT2D eigenvalue weighted by Crippen LogP contribution is -2.14. The van der Waals surface area contributed by atoms with Crippen molar-refractivity contribution in [1.82, 2.24) is 10.1 Å². The second kappa shape index (κ2) is 7.48. The summed E-state index contributed by atoms with van der Waals surface area (Å²) in [5, 5.41) is 3.97. The molecule has 146 valence electrons. The van der Waals surface area contributed by atoms with Crippen molar-refractivity contribution >= 4 is 15.7 Å². The zero-order valence-corrected chi connectivity index (χ0v) is 16.2. The molecule has 0 spiro atoms. The van der Waals surface area contributed by atoms with Crippen LogP contribution in [0.4, 0.5) is 10.1 Å². The summed E-state index contributed by atoms with van der Waals surface area (Å²) in [6.45, 7) is 1.97. The third kappa shape index (κ3) is 4.02. The molecule has 4 rings (SSSR count). The summed E-state index contributed by atoms with van der Waals surface area (Å²) in [5.41, 5.74) is 2.37. The van der Waals surface area contributed by atoms with Crippen molar-refractivity contribution in [3.8, 4) is 22.8 Å². The van der Waals surface area contributed by atoms with Crippen LogP contribution in [0.3, 0.4) is 0 Å². The van der Waals surface area contributed by atoms with E-state index in [9.17, 15) is 12.8 Å². The number of rotatable bonds is 5. The maximum atomic E-state index is 13.1. The van der Waals surface area contributed by atoms with Crippen LogP contribution in [0.25, 0.3) is 22.8 Å².